The van der Waals surface area contributed by atoms with E-state index < -0.39 is 15.8 Å². The maximum Gasteiger partial charge on any atom is 0.240 e. The Balaban J connectivity index is 1.33. The van der Waals surface area contributed by atoms with Crippen LogP contribution in [-0.4, -0.2) is 56.1 Å². The van der Waals surface area contributed by atoms with Crippen molar-refractivity contribution in [1.29, 1.82) is 0 Å². The van der Waals surface area contributed by atoms with Crippen LogP contribution >= 0.6 is 0 Å². The molecule has 0 radical (unpaired) electrons. The van der Waals surface area contributed by atoms with Gasteiger partial charge >= 0.3 is 0 Å². The molecule has 2 heterocycles. The van der Waals surface area contributed by atoms with E-state index in [1.807, 2.05) is 4.90 Å². The van der Waals surface area contributed by atoms with Crippen molar-refractivity contribution in [2.75, 3.05) is 30.6 Å². The highest BCUT2D eigenvalue weighted by atomic mass is 32.2. The van der Waals surface area contributed by atoms with Crippen LogP contribution in [0.1, 0.15) is 41.9 Å². The van der Waals surface area contributed by atoms with Crippen LogP contribution in [0.2, 0.25) is 0 Å². The minimum absolute atomic E-state index is 0.0288. The molecule has 1 N–H and O–H groups in total. The lowest BCUT2D eigenvalue weighted by Gasteiger charge is -2.35. The zero-order valence-corrected chi connectivity index (χ0v) is 19.4. The summed E-state index contributed by atoms with van der Waals surface area (Å²) in [6, 6.07) is 12.9. The number of amides is 1. The Labute approximate surface area is 189 Å². The molecule has 2 aromatic rings. The number of nitrogens with one attached hydrogen (secondary N) is 1. The lowest BCUT2D eigenvalue weighted by Crippen LogP contribution is -2.45. The third kappa shape index (κ3) is 5.30. The Morgan fingerprint density at radius 2 is 1.72 bits per heavy atom. The van der Waals surface area contributed by atoms with Crippen molar-refractivity contribution in [3.05, 3.63) is 65.0 Å². The number of hydrogen-bond acceptors (Lipinski definition) is 4. The number of rotatable bonds is 6. The quantitative estimate of drug-likeness (QED) is 0.718. The Bertz CT molecular complexity index is 1080. The van der Waals surface area contributed by atoms with E-state index in [0.29, 0.717) is 6.54 Å². The molecule has 1 atom stereocenters. The number of likely N-dealkylation sites (tertiary alicyclic amines) is 2. The van der Waals surface area contributed by atoms with Gasteiger partial charge in [0, 0.05) is 13.1 Å². The summed E-state index contributed by atoms with van der Waals surface area (Å²) < 4.78 is 39.3. The van der Waals surface area contributed by atoms with Crippen molar-refractivity contribution in [3.63, 3.8) is 0 Å². The van der Waals surface area contributed by atoms with E-state index >= 15 is 0 Å². The number of halogens is 1. The molecule has 0 unspecified atom stereocenters. The summed E-state index contributed by atoms with van der Waals surface area (Å²) in [4.78, 5) is 17.2. The van der Waals surface area contributed by atoms with Crippen LogP contribution in [0.4, 0.5) is 10.1 Å². The van der Waals surface area contributed by atoms with Gasteiger partial charge in [-0.3, -0.25) is 14.4 Å². The molecule has 0 aliphatic carbocycles. The average Bonchev–Trinajstić information content (AvgIpc) is 3.10. The van der Waals surface area contributed by atoms with Gasteiger partial charge in [0.15, 0.2) is 0 Å². The summed E-state index contributed by atoms with van der Waals surface area (Å²) in [5.41, 5.74) is 3.21. The molecular formula is C24H30FN3O3S. The number of benzene rings is 2. The first-order valence-corrected chi connectivity index (χ1v) is 12.9. The maximum absolute atomic E-state index is 14.4. The van der Waals surface area contributed by atoms with Gasteiger partial charge in [-0.2, -0.15) is 0 Å². The zero-order valence-electron chi connectivity index (χ0n) is 18.6. The molecule has 2 aliphatic rings. The van der Waals surface area contributed by atoms with Crippen LogP contribution in [0.5, 0.6) is 0 Å². The number of aryl methyl sites for hydroxylation is 1. The number of hydrogen-bond donors (Lipinski definition) is 1. The normalized spacial score (nSPS) is 20.7. The van der Waals surface area contributed by atoms with E-state index in [9.17, 15) is 17.6 Å². The molecule has 2 saturated heterocycles. The van der Waals surface area contributed by atoms with Crippen molar-refractivity contribution in [3.8, 4) is 0 Å². The second-order valence-electron chi connectivity index (χ2n) is 8.97. The van der Waals surface area contributed by atoms with Gasteiger partial charge in [0.2, 0.25) is 15.9 Å². The van der Waals surface area contributed by atoms with Crippen molar-refractivity contribution < 1.29 is 17.6 Å². The minimum atomic E-state index is -3.52. The molecule has 0 spiro atoms. The summed E-state index contributed by atoms with van der Waals surface area (Å²) in [7, 11) is -3.52. The predicted molar refractivity (Wildman–Crippen MR) is 123 cm³/mol. The van der Waals surface area contributed by atoms with Crippen LogP contribution in [0.25, 0.3) is 0 Å². The van der Waals surface area contributed by atoms with Crippen LogP contribution in [0.15, 0.2) is 42.5 Å². The SMILES string of the molecule is Cc1ccc(CN2CC[C@H](N3CCC(c4ccc(NS(C)(=O)=O)c(F)c4)CC3)C2=O)cc1. The molecular weight excluding hydrogens is 429 g/mol. The molecule has 6 nitrogen and oxygen atoms in total. The molecule has 32 heavy (non-hydrogen) atoms. The second kappa shape index (κ2) is 9.19. The summed E-state index contributed by atoms with van der Waals surface area (Å²) in [5.74, 6) is -0.160. The first-order valence-electron chi connectivity index (χ1n) is 11.1. The van der Waals surface area contributed by atoms with E-state index in [1.54, 1.807) is 6.07 Å². The predicted octanol–water partition coefficient (Wildman–Crippen LogP) is 3.49. The molecule has 0 bridgehead atoms. The highest BCUT2D eigenvalue weighted by Crippen LogP contribution is 2.32. The van der Waals surface area contributed by atoms with Gasteiger partial charge < -0.3 is 4.90 Å². The highest BCUT2D eigenvalue weighted by molar-refractivity contribution is 7.92. The van der Waals surface area contributed by atoms with E-state index in [0.717, 1.165) is 56.3 Å². The third-order valence-corrected chi connectivity index (χ3v) is 7.08. The van der Waals surface area contributed by atoms with Gasteiger partial charge in [-0.25, -0.2) is 12.8 Å². The van der Waals surface area contributed by atoms with Gasteiger partial charge in [0.25, 0.3) is 0 Å². The average molecular weight is 460 g/mol. The van der Waals surface area contributed by atoms with Crippen molar-refractivity contribution in [1.82, 2.24) is 9.80 Å². The Hall–Kier alpha value is -2.45. The largest absolute Gasteiger partial charge is 0.337 e. The molecule has 2 aliphatic heterocycles. The molecule has 1 amide bonds. The smallest absolute Gasteiger partial charge is 0.240 e. The molecule has 8 heteroatoms. The fourth-order valence-electron chi connectivity index (χ4n) is 4.74. The number of carbonyl (C=O) groups excluding carboxylic acids is 1. The zero-order chi connectivity index (χ0) is 22.9. The highest BCUT2D eigenvalue weighted by Gasteiger charge is 2.37. The first-order chi connectivity index (χ1) is 15.2. The molecule has 4 rings (SSSR count). The number of sulfonamides is 1. The summed E-state index contributed by atoms with van der Waals surface area (Å²) in [6.45, 7) is 5.07. The van der Waals surface area contributed by atoms with Crippen molar-refractivity contribution in [2.45, 2.75) is 44.7 Å². The topological polar surface area (TPSA) is 69.7 Å². The maximum atomic E-state index is 14.4. The summed E-state index contributed by atoms with van der Waals surface area (Å²) in [6.07, 6.45) is 3.54. The first kappa shape index (κ1) is 22.7. The number of anilines is 1. The Kier molecular flexibility index (Phi) is 6.53. The Morgan fingerprint density at radius 1 is 1.03 bits per heavy atom. The molecule has 0 aromatic heterocycles. The molecule has 172 valence electrons. The van der Waals surface area contributed by atoms with E-state index in [2.05, 4.69) is 40.8 Å². The van der Waals surface area contributed by atoms with Crippen LogP contribution in [0.3, 0.4) is 0 Å². The monoisotopic (exact) mass is 459 g/mol. The molecule has 2 fully saturated rings. The van der Waals surface area contributed by atoms with Gasteiger partial charge in [-0.05, 0) is 68.5 Å². The van der Waals surface area contributed by atoms with Gasteiger partial charge in [0.1, 0.15) is 5.82 Å². The number of carbonyl (C=O) groups is 1. The van der Waals surface area contributed by atoms with Crippen molar-refractivity contribution >= 4 is 21.6 Å². The van der Waals surface area contributed by atoms with E-state index in [4.69, 9.17) is 0 Å². The summed E-state index contributed by atoms with van der Waals surface area (Å²) in [5, 5.41) is 0. The third-order valence-electron chi connectivity index (χ3n) is 6.49. The van der Waals surface area contributed by atoms with Crippen LogP contribution in [-0.2, 0) is 21.4 Å². The van der Waals surface area contributed by atoms with Gasteiger partial charge in [0.05, 0.1) is 18.0 Å². The van der Waals surface area contributed by atoms with Crippen molar-refractivity contribution in [2.24, 2.45) is 0 Å². The fourth-order valence-corrected chi connectivity index (χ4v) is 5.31. The standard InChI is InChI=1S/C24H30FN3O3S/c1-17-3-5-18(6-4-17)16-28-14-11-23(24(28)29)27-12-9-19(10-13-27)20-7-8-22(21(25)15-20)26-32(2,30)31/h3-8,15,19,23,26H,9-14,16H2,1-2H3/t23-/m0/s1. The summed E-state index contributed by atoms with van der Waals surface area (Å²) >= 11 is 0. The lowest BCUT2D eigenvalue weighted by atomic mass is 9.88. The van der Waals surface area contributed by atoms with Gasteiger partial charge in [-0.15, -0.1) is 0 Å². The van der Waals surface area contributed by atoms with E-state index in [1.165, 1.54) is 17.7 Å². The lowest BCUT2D eigenvalue weighted by molar-refractivity contribution is -0.133. The molecule has 0 saturated carbocycles. The number of piperidine rings is 1. The minimum Gasteiger partial charge on any atom is -0.337 e. The fraction of sp³-hybridized carbons (Fsp3) is 0.458. The Morgan fingerprint density at radius 3 is 2.34 bits per heavy atom. The second-order valence-corrected chi connectivity index (χ2v) is 10.7. The van der Waals surface area contributed by atoms with E-state index in [-0.39, 0.29) is 23.6 Å². The van der Waals surface area contributed by atoms with Crippen LogP contribution in [0, 0.1) is 12.7 Å². The number of nitrogens with zero attached hydrogens (tertiary/aromatic N) is 2. The van der Waals surface area contributed by atoms with Gasteiger partial charge in [-0.1, -0.05) is 35.9 Å². The molecule has 2 aromatic carbocycles. The van der Waals surface area contributed by atoms with Crippen LogP contribution < -0.4 is 4.72 Å².